The molecule has 9 heavy (non-hydrogen) atoms. The molecule has 0 bridgehead atoms. The fourth-order valence-corrected chi connectivity index (χ4v) is 0. The second-order valence-electron chi connectivity index (χ2n) is 1.23. The van der Waals surface area contributed by atoms with Crippen LogP contribution in [0.15, 0.2) is 0 Å². The summed E-state index contributed by atoms with van der Waals surface area (Å²) in [4.78, 5) is 0. The minimum absolute atomic E-state index is 5.92. The Morgan fingerprint density at radius 1 is 0.778 bits per heavy atom. The normalized spacial score (nSPS) is 13.6. The van der Waals surface area contributed by atoms with Crippen LogP contribution >= 0.6 is 0 Å². The average Bonchev–Trinajstić information content (AvgIpc) is 1.24. The molecule has 0 aliphatic carbocycles. The maximum atomic E-state index is 9.39. The molecule has 0 rings (SSSR count). The molecule has 0 N–H and O–H groups in total. The van der Waals surface area contributed by atoms with Crippen LogP contribution in [0.1, 0.15) is 0 Å². The van der Waals surface area contributed by atoms with Crippen molar-refractivity contribution < 1.29 is 47.9 Å². The van der Waals surface area contributed by atoms with Gasteiger partial charge in [-0.25, -0.2) is 0 Å². The van der Waals surface area contributed by atoms with Gasteiger partial charge in [-0.15, -0.1) is 0 Å². The molecule has 0 aromatic heterocycles. The summed E-state index contributed by atoms with van der Waals surface area (Å²) < 4.78 is 65.6. The summed E-state index contributed by atoms with van der Waals surface area (Å²) >= 11 is -15.7. The summed E-state index contributed by atoms with van der Waals surface area (Å²) in [7, 11) is 0. The summed E-state index contributed by atoms with van der Waals surface area (Å²) in [6, 6.07) is 0. The number of hydrogen-bond acceptors (Lipinski definition) is 7. The van der Waals surface area contributed by atoms with Crippen LogP contribution in [0.3, 0.4) is 0 Å². The molecular formula is IrO7Ta. The van der Waals surface area contributed by atoms with Crippen molar-refractivity contribution in [3.05, 3.63) is 0 Å². The molecule has 0 heterocycles. The van der Waals surface area contributed by atoms with E-state index in [9.17, 15) is 23.3 Å². The standard InChI is InChI=1S/Ir.7O.Ta. The van der Waals surface area contributed by atoms with Gasteiger partial charge in [0.2, 0.25) is 0 Å². The van der Waals surface area contributed by atoms with Gasteiger partial charge in [0.05, 0.1) is 0 Å². The van der Waals surface area contributed by atoms with Crippen molar-refractivity contribution in [1.82, 2.24) is 0 Å². The Hall–Kier alpha value is -0.0104. The molecule has 0 saturated carbocycles. The summed E-state index contributed by atoms with van der Waals surface area (Å²) in [5.41, 5.74) is 0. The van der Waals surface area contributed by atoms with Gasteiger partial charge in [0.1, 0.15) is 0 Å². The summed E-state index contributed by atoms with van der Waals surface area (Å²) in [5.74, 6) is 0. The molecule has 7 nitrogen and oxygen atoms in total. The number of rotatable bonds is 1. The second-order valence-corrected chi connectivity index (χ2v) is 35.1. The monoisotopic (exact) mass is 486 g/mol. The van der Waals surface area contributed by atoms with Gasteiger partial charge >= 0.3 is 47.9 Å². The molecule has 0 amide bonds. The van der Waals surface area contributed by atoms with E-state index in [-0.39, 0.29) is 0 Å². The molecule has 0 radical (unpaired) electrons. The molecule has 56 valence electrons. The Kier molecular flexibility index (Phi) is 1.20. The Balaban J connectivity index is 7.42. The van der Waals surface area contributed by atoms with E-state index in [4.69, 9.17) is 0 Å². The topological polar surface area (TPSA) is 119 Å². The SMILES string of the molecule is [O]=[Ir](=[O])[Ta](=[O])(=[O])(=[O])(=[O])=[O]. The molecule has 0 spiro atoms. The van der Waals surface area contributed by atoms with E-state index in [1.165, 1.54) is 0 Å². The van der Waals surface area contributed by atoms with Crippen LogP contribution in [0.25, 0.3) is 0 Å². The van der Waals surface area contributed by atoms with Crippen molar-refractivity contribution in [1.29, 1.82) is 0 Å². The van der Waals surface area contributed by atoms with E-state index in [2.05, 4.69) is 0 Å². The molecule has 0 atom stereocenters. The van der Waals surface area contributed by atoms with Crippen molar-refractivity contribution in [2.24, 2.45) is 0 Å². The van der Waals surface area contributed by atoms with E-state index in [1.54, 1.807) is 0 Å². The summed E-state index contributed by atoms with van der Waals surface area (Å²) in [5, 5.41) is 0. The van der Waals surface area contributed by atoms with Gasteiger partial charge < -0.3 is 0 Å². The first-order valence-electron chi connectivity index (χ1n) is 1.33. The van der Waals surface area contributed by atoms with Crippen LogP contribution in [-0.2, 0) is 47.9 Å². The predicted octanol–water partition coefficient (Wildman–Crippen LogP) is -0.837. The van der Waals surface area contributed by atoms with Gasteiger partial charge in [-0.05, 0) is 0 Å². The molecule has 0 aliphatic heterocycles. The van der Waals surface area contributed by atoms with Gasteiger partial charge in [0, 0.05) is 0 Å². The van der Waals surface area contributed by atoms with Crippen molar-refractivity contribution in [2.45, 2.75) is 0 Å². The van der Waals surface area contributed by atoms with Crippen LogP contribution in [0.4, 0.5) is 0 Å². The first-order valence-corrected chi connectivity index (χ1v) is 19.7. The maximum absolute atomic E-state index is 9.77. The first kappa shape index (κ1) is 8.99. The molecular weight excluding hydrogens is 485 g/mol. The summed E-state index contributed by atoms with van der Waals surface area (Å²) in [6.45, 7) is 0. The van der Waals surface area contributed by atoms with Crippen LogP contribution in [0.5, 0.6) is 0 Å². The zero-order chi connectivity index (χ0) is 7.99. The third-order valence-corrected chi connectivity index (χ3v) is 16.6. The van der Waals surface area contributed by atoms with E-state index >= 15 is 0 Å². The van der Waals surface area contributed by atoms with Crippen LogP contribution in [0, 0.1) is 0 Å². The van der Waals surface area contributed by atoms with Crippen molar-refractivity contribution in [3.8, 4) is 0 Å². The summed E-state index contributed by atoms with van der Waals surface area (Å²) in [6.07, 6.45) is 0. The van der Waals surface area contributed by atoms with E-state index in [1.807, 2.05) is 0 Å². The Morgan fingerprint density at radius 3 is 0.889 bits per heavy atom. The third kappa shape index (κ3) is 2.87. The van der Waals surface area contributed by atoms with Crippen molar-refractivity contribution in [3.63, 3.8) is 0 Å². The van der Waals surface area contributed by atoms with Gasteiger partial charge in [-0.2, -0.15) is 0 Å². The van der Waals surface area contributed by atoms with E-state index < -0.39 is 24.7 Å². The second kappa shape index (κ2) is 1.21. The zero-order valence-corrected chi connectivity index (χ0v) is 9.25. The van der Waals surface area contributed by atoms with Gasteiger partial charge in [-0.3, -0.25) is 0 Å². The minimum atomic E-state index is -9.77. The van der Waals surface area contributed by atoms with Crippen LogP contribution in [-0.4, -0.2) is 0 Å². The molecule has 0 aromatic rings. The van der Waals surface area contributed by atoms with Crippen molar-refractivity contribution >= 4 is 0 Å². The fraction of sp³-hybridized carbons (Fsp3) is 0. The quantitative estimate of drug-likeness (QED) is 0.476. The molecule has 0 saturated heterocycles. The van der Waals surface area contributed by atoms with Gasteiger partial charge in [-0.1, -0.05) is 0 Å². The molecule has 0 aliphatic rings. The Morgan fingerprint density at radius 2 is 0.889 bits per heavy atom. The Bertz CT molecular complexity index is 516. The molecule has 0 aromatic carbocycles. The molecule has 9 heteroatoms. The average molecular weight is 485 g/mol. The third-order valence-electron chi connectivity index (χ3n) is 0.248. The van der Waals surface area contributed by atoms with Crippen molar-refractivity contribution in [2.75, 3.05) is 0 Å². The molecule has 0 fully saturated rings. The first-order chi connectivity index (χ1) is 3.43. The van der Waals surface area contributed by atoms with Crippen LogP contribution in [0.2, 0.25) is 0 Å². The Labute approximate surface area is 48.0 Å². The van der Waals surface area contributed by atoms with Crippen LogP contribution < -0.4 is 0 Å². The fourth-order valence-electron chi connectivity index (χ4n) is 0. The molecule has 0 unspecified atom stereocenters. The van der Waals surface area contributed by atoms with Gasteiger partial charge in [0.25, 0.3) is 0 Å². The van der Waals surface area contributed by atoms with Gasteiger partial charge in [0.15, 0.2) is 0 Å². The predicted molar refractivity (Wildman–Crippen MR) is 4.81 cm³/mol. The number of hydrogen-bond donors (Lipinski definition) is 0. The zero-order valence-electron chi connectivity index (χ0n) is 3.64. The van der Waals surface area contributed by atoms with E-state index in [0.29, 0.717) is 0 Å². The van der Waals surface area contributed by atoms with E-state index in [0.717, 1.165) is 0 Å².